The fraction of sp³-hybridized carbons (Fsp3) is 0.476. The van der Waals surface area contributed by atoms with Crippen molar-refractivity contribution in [3.63, 3.8) is 0 Å². The topological polar surface area (TPSA) is 104 Å². The lowest BCUT2D eigenvalue weighted by molar-refractivity contribution is 0.0986. The molecule has 1 aliphatic rings. The summed E-state index contributed by atoms with van der Waals surface area (Å²) in [4.78, 5) is 22.6. The molecule has 1 saturated heterocycles. The smallest absolute Gasteiger partial charge is 0.230 e. The van der Waals surface area contributed by atoms with E-state index in [9.17, 15) is 9.46 Å². The van der Waals surface area contributed by atoms with Crippen LogP contribution in [0.25, 0.3) is 22.3 Å². The Morgan fingerprint density at radius 1 is 1.37 bits per heavy atom. The fourth-order valence-corrected chi connectivity index (χ4v) is 5.74. The highest BCUT2D eigenvalue weighted by molar-refractivity contribution is 7.66. The number of rotatable bonds is 6. The summed E-state index contributed by atoms with van der Waals surface area (Å²) < 4.78 is 19.1. The number of aromatic amines is 1. The average Bonchev–Trinajstić information content (AvgIpc) is 3.26. The number of morpholine rings is 1. The van der Waals surface area contributed by atoms with Crippen molar-refractivity contribution in [2.45, 2.75) is 33.2 Å². The molecule has 160 valence electrons. The quantitative estimate of drug-likeness (QED) is 0.580. The van der Waals surface area contributed by atoms with Crippen LogP contribution in [-0.4, -0.2) is 57.0 Å². The predicted molar refractivity (Wildman–Crippen MR) is 119 cm³/mol. The summed E-state index contributed by atoms with van der Waals surface area (Å²) in [6.07, 6.45) is 4.23. The van der Waals surface area contributed by atoms with Crippen LogP contribution >= 0.6 is 7.37 Å². The Labute approximate surface area is 176 Å². The van der Waals surface area contributed by atoms with Gasteiger partial charge < -0.3 is 14.5 Å². The Kier molecular flexibility index (Phi) is 5.91. The van der Waals surface area contributed by atoms with Crippen LogP contribution in [0, 0.1) is 5.92 Å². The molecule has 3 aromatic heterocycles. The lowest BCUT2D eigenvalue weighted by atomic mass is 10.1. The molecule has 3 aromatic rings. The molecule has 0 bridgehead atoms. The average molecular weight is 429 g/mol. The monoisotopic (exact) mass is 429 g/mol. The van der Waals surface area contributed by atoms with Crippen LogP contribution in [0.4, 0.5) is 5.82 Å². The van der Waals surface area contributed by atoms with Gasteiger partial charge in [0.2, 0.25) is 7.37 Å². The van der Waals surface area contributed by atoms with E-state index in [-0.39, 0.29) is 12.2 Å². The molecule has 30 heavy (non-hydrogen) atoms. The van der Waals surface area contributed by atoms with E-state index in [1.165, 1.54) is 0 Å². The molecule has 0 amide bonds. The normalized spacial score (nSPS) is 19.4. The van der Waals surface area contributed by atoms with Gasteiger partial charge in [-0.1, -0.05) is 13.8 Å². The number of ether oxygens (including phenoxy) is 1. The van der Waals surface area contributed by atoms with Gasteiger partial charge in [0.1, 0.15) is 17.0 Å². The van der Waals surface area contributed by atoms with Crippen molar-refractivity contribution in [2.75, 3.05) is 30.8 Å². The Hall–Kier alpha value is -2.28. The van der Waals surface area contributed by atoms with E-state index in [1.807, 2.05) is 6.07 Å². The number of hydrogen-bond donors (Lipinski definition) is 2. The van der Waals surface area contributed by atoms with E-state index < -0.39 is 7.37 Å². The highest BCUT2D eigenvalue weighted by atomic mass is 31.2. The van der Waals surface area contributed by atoms with Crippen LogP contribution in [0.1, 0.15) is 27.2 Å². The van der Waals surface area contributed by atoms with Crippen LogP contribution < -0.4 is 10.2 Å². The van der Waals surface area contributed by atoms with E-state index in [0.29, 0.717) is 59.8 Å². The fourth-order valence-electron chi connectivity index (χ4n) is 3.76. The molecule has 9 heteroatoms. The molecule has 4 rings (SSSR count). The highest BCUT2D eigenvalue weighted by Crippen LogP contribution is 2.44. The van der Waals surface area contributed by atoms with E-state index in [4.69, 9.17) is 9.72 Å². The third-order valence-corrected chi connectivity index (χ3v) is 7.48. The molecule has 0 saturated carbocycles. The lowest BCUT2D eigenvalue weighted by Crippen LogP contribution is -2.44. The number of nitrogens with one attached hydrogen (secondary N) is 1. The first-order valence-electron chi connectivity index (χ1n) is 10.3. The van der Waals surface area contributed by atoms with E-state index in [0.717, 1.165) is 5.69 Å². The first-order valence-corrected chi connectivity index (χ1v) is 12.2. The van der Waals surface area contributed by atoms with Crippen molar-refractivity contribution in [2.24, 2.45) is 5.92 Å². The van der Waals surface area contributed by atoms with Gasteiger partial charge in [-0.05, 0) is 37.5 Å². The molecule has 0 radical (unpaired) electrons. The molecule has 2 N–H and O–H groups in total. The Balaban J connectivity index is 1.92. The maximum absolute atomic E-state index is 13.5. The van der Waals surface area contributed by atoms with Gasteiger partial charge in [-0.2, -0.15) is 5.10 Å². The minimum Gasteiger partial charge on any atom is -0.377 e. The van der Waals surface area contributed by atoms with Crippen molar-refractivity contribution < 1.29 is 14.2 Å². The third kappa shape index (κ3) is 4.13. The third-order valence-electron chi connectivity index (χ3n) is 5.50. The number of aromatic nitrogens is 4. The van der Waals surface area contributed by atoms with E-state index in [1.54, 1.807) is 24.5 Å². The van der Waals surface area contributed by atoms with Gasteiger partial charge >= 0.3 is 0 Å². The summed E-state index contributed by atoms with van der Waals surface area (Å²) in [5, 5.41) is 8.07. The highest BCUT2D eigenvalue weighted by Gasteiger charge is 2.29. The van der Waals surface area contributed by atoms with Gasteiger partial charge in [-0.25, -0.2) is 4.98 Å². The summed E-state index contributed by atoms with van der Waals surface area (Å²) in [6, 6.07) is 5.52. The maximum atomic E-state index is 13.5. The second-order valence-corrected chi connectivity index (χ2v) is 10.6. The Bertz CT molecular complexity index is 1070. The summed E-state index contributed by atoms with van der Waals surface area (Å²) in [7, 11) is -3.59. The molecule has 0 aromatic carbocycles. The molecule has 1 unspecified atom stereocenters. The van der Waals surface area contributed by atoms with Gasteiger partial charge in [-0.3, -0.25) is 14.6 Å². The zero-order valence-electron chi connectivity index (χ0n) is 17.6. The number of hydrogen-bond acceptors (Lipinski definition) is 6. The first kappa shape index (κ1) is 21.0. The predicted octanol–water partition coefficient (Wildman–Crippen LogP) is 3.19. The molecular weight excluding hydrogens is 401 g/mol. The number of nitrogens with zero attached hydrogens (tertiary/aromatic N) is 4. The SMILES string of the molecule is CC(C)CCP(=O)(O)c1cc(N2CCOC[C@H]2C)nc2c(-c3ccn[nH]3)nccc12. The molecule has 1 aliphatic heterocycles. The van der Waals surface area contributed by atoms with Crippen LogP contribution in [0.3, 0.4) is 0 Å². The van der Waals surface area contributed by atoms with Crippen LogP contribution in [0.15, 0.2) is 30.6 Å². The molecule has 4 heterocycles. The molecule has 0 aliphatic carbocycles. The Morgan fingerprint density at radius 2 is 2.20 bits per heavy atom. The molecular formula is C21H28N5O3P. The van der Waals surface area contributed by atoms with Gasteiger partial charge in [0.05, 0.1) is 24.9 Å². The van der Waals surface area contributed by atoms with Crippen LogP contribution in [0.2, 0.25) is 0 Å². The lowest BCUT2D eigenvalue weighted by Gasteiger charge is -2.35. The van der Waals surface area contributed by atoms with Crippen molar-refractivity contribution in [1.82, 2.24) is 20.2 Å². The largest absolute Gasteiger partial charge is 0.377 e. The van der Waals surface area contributed by atoms with Gasteiger partial charge in [0.25, 0.3) is 0 Å². The molecule has 0 spiro atoms. The Morgan fingerprint density at radius 3 is 2.90 bits per heavy atom. The molecule has 2 atom stereocenters. The van der Waals surface area contributed by atoms with E-state index >= 15 is 0 Å². The maximum Gasteiger partial charge on any atom is 0.230 e. The summed E-state index contributed by atoms with van der Waals surface area (Å²) in [6.45, 7) is 8.07. The first-order chi connectivity index (χ1) is 14.4. The molecule has 1 fully saturated rings. The summed E-state index contributed by atoms with van der Waals surface area (Å²) in [5.41, 5.74) is 1.95. The van der Waals surface area contributed by atoms with Crippen LogP contribution in [0.5, 0.6) is 0 Å². The van der Waals surface area contributed by atoms with Gasteiger partial charge in [0.15, 0.2) is 0 Å². The second kappa shape index (κ2) is 8.46. The van der Waals surface area contributed by atoms with Crippen LogP contribution in [-0.2, 0) is 9.30 Å². The van der Waals surface area contributed by atoms with E-state index in [2.05, 4.69) is 40.9 Å². The van der Waals surface area contributed by atoms with Crippen molar-refractivity contribution >= 4 is 29.4 Å². The summed E-state index contributed by atoms with van der Waals surface area (Å²) >= 11 is 0. The minimum atomic E-state index is -3.59. The number of pyridine rings is 2. The zero-order valence-corrected chi connectivity index (χ0v) is 18.5. The number of H-pyrrole nitrogens is 1. The minimum absolute atomic E-state index is 0.123. The van der Waals surface area contributed by atoms with Crippen molar-refractivity contribution in [3.05, 3.63) is 30.6 Å². The molecule has 8 nitrogen and oxygen atoms in total. The number of fused-ring (bicyclic) bond motifs is 1. The zero-order chi connectivity index (χ0) is 21.3. The van der Waals surface area contributed by atoms with Crippen molar-refractivity contribution in [1.29, 1.82) is 0 Å². The standard InChI is InChI=1S/C21H28N5O3P/c1-14(2)6-11-30(27,28)18-12-19(26-9-10-29-13-15(26)3)24-20-16(18)4-7-22-21(20)17-5-8-23-25-17/h4-5,7-8,12,14-15H,6,9-11,13H2,1-3H3,(H,23,25)(H,27,28)/t15-/m1/s1. The second-order valence-electron chi connectivity index (χ2n) is 8.25. The number of anilines is 1. The van der Waals surface area contributed by atoms with Gasteiger partial charge in [0, 0.05) is 35.8 Å². The van der Waals surface area contributed by atoms with Gasteiger partial charge in [-0.15, -0.1) is 0 Å². The van der Waals surface area contributed by atoms with Crippen molar-refractivity contribution in [3.8, 4) is 11.4 Å². The summed E-state index contributed by atoms with van der Waals surface area (Å²) in [5.74, 6) is 1.03.